The molecule has 1 aliphatic rings. The molecular formula is C19H20ClF3N2O. The van der Waals surface area contributed by atoms with Gasteiger partial charge in [-0.25, -0.2) is 14.4 Å². The lowest BCUT2D eigenvalue weighted by atomic mass is 9.78. The van der Waals surface area contributed by atoms with Crippen LogP contribution in [0.5, 0.6) is 5.75 Å². The molecule has 0 N–H and O–H groups in total. The summed E-state index contributed by atoms with van der Waals surface area (Å²) in [6.45, 7) is -0.956. The van der Waals surface area contributed by atoms with E-state index in [4.69, 9.17) is 11.6 Å². The van der Waals surface area contributed by atoms with Crippen LogP contribution in [-0.2, 0) is 0 Å². The maximum Gasteiger partial charge on any atom is 0.387 e. The van der Waals surface area contributed by atoms with E-state index >= 15 is 0 Å². The molecule has 2 aromatic rings. The molecule has 1 heterocycles. The van der Waals surface area contributed by atoms with E-state index in [1.165, 1.54) is 31.4 Å². The fourth-order valence-corrected chi connectivity index (χ4v) is 3.65. The quantitative estimate of drug-likeness (QED) is 0.613. The molecule has 140 valence electrons. The maximum absolute atomic E-state index is 14.1. The summed E-state index contributed by atoms with van der Waals surface area (Å²) in [5.74, 6) is -0.357. The van der Waals surface area contributed by atoms with E-state index in [1.807, 2.05) is 0 Å². The van der Waals surface area contributed by atoms with Gasteiger partial charge in [0.25, 0.3) is 0 Å². The predicted octanol–water partition coefficient (Wildman–Crippen LogP) is 6.22. The topological polar surface area (TPSA) is 35.0 Å². The Hall–Kier alpha value is -1.82. The van der Waals surface area contributed by atoms with E-state index in [0.717, 1.165) is 24.3 Å². The number of halogens is 4. The van der Waals surface area contributed by atoms with Gasteiger partial charge in [-0.15, -0.1) is 0 Å². The summed E-state index contributed by atoms with van der Waals surface area (Å²) in [5, 5.41) is -0.297. The number of hydrogen-bond donors (Lipinski definition) is 0. The highest BCUT2D eigenvalue weighted by Crippen LogP contribution is 2.38. The minimum atomic E-state index is -3.17. The van der Waals surface area contributed by atoms with Gasteiger partial charge in [-0.05, 0) is 55.2 Å². The van der Waals surface area contributed by atoms with Crippen LogP contribution < -0.4 is 4.74 Å². The van der Waals surface area contributed by atoms with Gasteiger partial charge < -0.3 is 4.74 Å². The minimum absolute atomic E-state index is 0.0495. The Bertz CT molecular complexity index is 747. The normalized spacial score (nSPS) is 20.4. The van der Waals surface area contributed by atoms with Crippen LogP contribution >= 0.6 is 11.6 Å². The fraction of sp³-hybridized carbons (Fsp3) is 0.474. The van der Waals surface area contributed by atoms with Crippen LogP contribution in [0.3, 0.4) is 0 Å². The lowest BCUT2D eigenvalue weighted by Crippen LogP contribution is -2.13. The second-order valence-electron chi connectivity index (χ2n) is 6.58. The Balaban J connectivity index is 1.84. The zero-order valence-electron chi connectivity index (χ0n) is 14.4. The number of ether oxygens (including phenoxy) is 1. The maximum atomic E-state index is 14.1. The number of alkyl halides is 2. The van der Waals surface area contributed by atoms with Crippen LogP contribution in [0.2, 0.25) is 5.02 Å². The van der Waals surface area contributed by atoms with E-state index in [9.17, 15) is 13.2 Å². The molecule has 1 fully saturated rings. The Morgan fingerprint density at radius 3 is 2.38 bits per heavy atom. The molecular weight excluding hydrogens is 365 g/mol. The van der Waals surface area contributed by atoms with Crippen molar-refractivity contribution in [1.29, 1.82) is 0 Å². The standard InChI is InChI=1S/C19H20ClF3N2O/c1-2-11-3-5-12(6-4-11)13-9-24-18(25-10-13)14-7-8-15(20)16(21)17(14)26-19(22)23/h7-12,19H,2-6H2,1H3. The van der Waals surface area contributed by atoms with Crippen LogP contribution in [-0.4, -0.2) is 16.6 Å². The van der Waals surface area contributed by atoms with Crippen LogP contribution in [0.4, 0.5) is 13.2 Å². The van der Waals surface area contributed by atoms with Crippen molar-refractivity contribution in [2.45, 2.75) is 51.6 Å². The monoisotopic (exact) mass is 384 g/mol. The number of aromatic nitrogens is 2. The van der Waals surface area contributed by atoms with Gasteiger partial charge in [0.15, 0.2) is 17.4 Å². The van der Waals surface area contributed by atoms with Crippen molar-refractivity contribution < 1.29 is 17.9 Å². The number of nitrogens with zero attached hydrogens (tertiary/aromatic N) is 2. The van der Waals surface area contributed by atoms with Crippen molar-refractivity contribution in [3.05, 3.63) is 40.9 Å². The summed E-state index contributed by atoms with van der Waals surface area (Å²) in [6, 6.07) is 2.65. The smallest absolute Gasteiger partial charge is 0.387 e. The fourth-order valence-electron chi connectivity index (χ4n) is 3.50. The van der Waals surface area contributed by atoms with Crippen molar-refractivity contribution in [1.82, 2.24) is 9.97 Å². The summed E-state index contributed by atoms with van der Waals surface area (Å²) in [7, 11) is 0. The summed E-state index contributed by atoms with van der Waals surface area (Å²) in [5.41, 5.74) is 1.07. The lowest BCUT2D eigenvalue weighted by molar-refractivity contribution is -0.0517. The van der Waals surface area contributed by atoms with Crippen molar-refractivity contribution in [3.8, 4) is 17.1 Å². The zero-order valence-corrected chi connectivity index (χ0v) is 15.1. The molecule has 0 radical (unpaired) electrons. The number of benzene rings is 1. The van der Waals surface area contributed by atoms with Crippen molar-refractivity contribution in [2.24, 2.45) is 5.92 Å². The minimum Gasteiger partial charge on any atom is -0.431 e. The molecule has 0 spiro atoms. The van der Waals surface area contributed by atoms with E-state index < -0.39 is 18.2 Å². The van der Waals surface area contributed by atoms with E-state index in [2.05, 4.69) is 21.6 Å². The molecule has 3 nitrogen and oxygen atoms in total. The largest absolute Gasteiger partial charge is 0.431 e. The molecule has 0 unspecified atom stereocenters. The third-order valence-corrected chi connectivity index (χ3v) is 5.36. The first-order valence-electron chi connectivity index (χ1n) is 8.74. The van der Waals surface area contributed by atoms with Gasteiger partial charge in [0.1, 0.15) is 0 Å². The molecule has 0 amide bonds. The third-order valence-electron chi connectivity index (χ3n) is 5.07. The van der Waals surface area contributed by atoms with Crippen LogP contribution in [0.15, 0.2) is 24.5 Å². The Morgan fingerprint density at radius 1 is 1.15 bits per heavy atom. The molecule has 1 aliphatic carbocycles. The Labute approximate surface area is 155 Å². The van der Waals surface area contributed by atoms with Crippen LogP contribution in [0, 0.1) is 11.7 Å². The third kappa shape index (κ3) is 4.11. The highest BCUT2D eigenvalue weighted by Gasteiger charge is 2.23. The Kier molecular flexibility index (Phi) is 6.01. The summed E-state index contributed by atoms with van der Waals surface area (Å²) in [4.78, 5) is 8.51. The van der Waals surface area contributed by atoms with Crippen LogP contribution in [0.25, 0.3) is 11.4 Å². The average Bonchev–Trinajstić information content (AvgIpc) is 2.66. The van der Waals surface area contributed by atoms with Crippen molar-refractivity contribution >= 4 is 11.6 Å². The first-order valence-corrected chi connectivity index (χ1v) is 9.12. The second-order valence-corrected chi connectivity index (χ2v) is 6.99. The van der Waals surface area contributed by atoms with Gasteiger partial charge in [0.2, 0.25) is 0 Å². The molecule has 1 saturated carbocycles. The molecule has 3 rings (SSSR count). The zero-order chi connectivity index (χ0) is 18.7. The summed E-state index contributed by atoms with van der Waals surface area (Å²) in [6.07, 6.45) is 9.16. The van der Waals surface area contributed by atoms with Crippen molar-refractivity contribution in [3.63, 3.8) is 0 Å². The second kappa shape index (κ2) is 8.25. The van der Waals surface area contributed by atoms with Gasteiger partial charge >= 0.3 is 6.61 Å². The van der Waals surface area contributed by atoms with Gasteiger partial charge in [-0.1, -0.05) is 24.9 Å². The van der Waals surface area contributed by atoms with Gasteiger partial charge in [-0.2, -0.15) is 8.78 Å². The molecule has 26 heavy (non-hydrogen) atoms. The molecule has 0 bridgehead atoms. The number of rotatable bonds is 5. The summed E-state index contributed by atoms with van der Waals surface area (Å²) >= 11 is 5.67. The van der Waals surface area contributed by atoms with Crippen LogP contribution in [0.1, 0.15) is 50.5 Å². The molecule has 1 aromatic heterocycles. The van der Waals surface area contributed by atoms with Gasteiger partial charge in [-0.3, -0.25) is 0 Å². The highest BCUT2D eigenvalue weighted by molar-refractivity contribution is 6.31. The molecule has 7 heteroatoms. The molecule has 0 atom stereocenters. The Morgan fingerprint density at radius 2 is 1.81 bits per heavy atom. The lowest BCUT2D eigenvalue weighted by Gasteiger charge is -2.27. The predicted molar refractivity (Wildman–Crippen MR) is 94.1 cm³/mol. The molecule has 0 aliphatic heterocycles. The van der Waals surface area contributed by atoms with E-state index in [0.29, 0.717) is 5.92 Å². The number of hydrogen-bond acceptors (Lipinski definition) is 3. The van der Waals surface area contributed by atoms with Gasteiger partial charge in [0, 0.05) is 12.4 Å². The molecule has 1 aromatic carbocycles. The van der Waals surface area contributed by atoms with E-state index in [1.54, 1.807) is 12.4 Å². The first kappa shape index (κ1) is 19.0. The summed E-state index contributed by atoms with van der Waals surface area (Å²) < 4.78 is 43.7. The first-order chi connectivity index (χ1) is 12.5. The highest BCUT2D eigenvalue weighted by atomic mass is 35.5. The molecule has 0 saturated heterocycles. The van der Waals surface area contributed by atoms with E-state index in [-0.39, 0.29) is 16.4 Å². The SMILES string of the molecule is CCC1CCC(c2cnc(-c3ccc(Cl)c(F)c3OC(F)F)nc2)CC1. The average molecular weight is 385 g/mol. The van der Waals surface area contributed by atoms with Gasteiger partial charge in [0.05, 0.1) is 10.6 Å². The van der Waals surface area contributed by atoms with Crippen molar-refractivity contribution in [2.75, 3.05) is 0 Å².